The van der Waals surface area contributed by atoms with Gasteiger partial charge in [0.2, 0.25) is 0 Å². The lowest BCUT2D eigenvalue weighted by Gasteiger charge is -2.30. The predicted molar refractivity (Wildman–Crippen MR) is 71.3 cm³/mol. The summed E-state index contributed by atoms with van der Waals surface area (Å²) < 4.78 is 10.7. The Morgan fingerprint density at radius 3 is 2.53 bits per heavy atom. The van der Waals surface area contributed by atoms with Gasteiger partial charge in [0, 0.05) is 26.8 Å². The summed E-state index contributed by atoms with van der Waals surface area (Å²) in [5.41, 5.74) is 0.405. The first-order valence-electron chi connectivity index (χ1n) is 6.90. The second-order valence-electron chi connectivity index (χ2n) is 5.77. The highest BCUT2D eigenvalue weighted by molar-refractivity contribution is 4.92. The van der Waals surface area contributed by atoms with Gasteiger partial charge in [-0.2, -0.15) is 0 Å². The third-order valence-electron chi connectivity index (χ3n) is 3.70. The predicted octanol–water partition coefficient (Wildman–Crippen LogP) is 2.45. The second-order valence-corrected chi connectivity index (χ2v) is 5.77. The SMILES string of the molecule is COCCNCC(C)(CCOC(C)C)C1CC1. The molecule has 0 aromatic carbocycles. The van der Waals surface area contributed by atoms with Gasteiger partial charge in [-0.3, -0.25) is 0 Å². The van der Waals surface area contributed by atoms with Gasteiger partial charge < -0.3 is 14.8 Å². The Morgan fingerprint density at radius 1 is 1.29 bits per heavy atom. The summed E-state index contributed by atoms with van der Waals surface area (Å²) in [6, 6.07) is 0. The van der Waals surface area contributed by atoms with Crippen molar-refractivity contribution in [3.8, 4) is 0 Å². The Hall–Kier alpha value is -0.120. The highest BCUT2D eigenvalue weighted by atomic mass is 16.5. The van der Waals surface area contributed by atoms with Crippen LogP contribution in [0.4, 0.5) is 0 Å². The molecule has 17 heavy (non-hydrogen) atoms. The molecule has 1 saturated carbocycles. The molecule has 1 aliphatic carbocycles. The fourth-order valence-corrected chi connectivity index (χ4v) is 2.29. The quantitative estimate of drug-likeness (QED) is 0.598. The number of methoxy groups -OCH3 is 1. The van der Waals surface area contributed by atoms with Crippen LogP contribution in [0.25, 0.3) is 0 Å². The van der Waals surface area contributed by atoms with Gasteiger partial charge in [0.05, 0.1) is 12.7 Å². The fraction of sp³-hybridized carbons (Fsp3) is 1.00. The van der Waals surface area contributed by atoms with Crippen LogP contribution in [-0.2, 0) is 9.47 Å². The van der Waals surface area contributed by atoms with Crippen molar-refractivity contribution in [2.45, 2.75) is 46.1 Å². The molecule has 0 saturated heterocycles. The maximum Gasteiger partial charge on any atom is 0.0587 e. The van der Waals surface area contributed by atoms with Crippen molar-refractivity contribution in [2.24, 2.45) is 11.3 Å². The number of hydrogen-bond acceptors (Lipinski definition) is 3. The van der Waals surface area contributed by atoms with E-state index < -0.39 is 0 Å². The van der Waals surface area contributed by atoms with Crippen molar-refractivity contribution in [2.75, 3.05) is 33.4 Å². The van der Waals surface area contributed by atoms with Crippen LogP contribution in [0.3, 0.4) is 0 Å². The van der Waals surface area contributed by atoms with Crippen LogP contribution in [-0.4, -0.2) is 39.5 Å². The summed E-state index contributed by atoms with van der Waals surface area (Å²) in [4.78, 5) is 0. The summed E-state index contributed by atoms with van der Waals surface area (Å²) in [5.74, 6) is 0.897. The minimum absolute atomic E-state index is 0.347. The van der Waals surface area contributed by atoms with E-state index in [0.29, 0.717) is 11.5 Å². The lowest BCUT2D eigenvalue weighted by atomic mass is 9.81. The molecule has 0 spiro atoms. The number of hydrogen-bond donors (Lipinski definition) is 1. The first-order valence-corrected chi connectivity index (χ1v) is 6.90. The van der Waals surface area contributed by atoms with Crippen molar-refractivity contribution >= 4 is 0 Å². The van der Waals surface area contributed by atoms with Crippen LogP contribution < -0.4 is 5.32 Å². The van der Waals surface area contributed by atoms with E-state index in [0.717, 1.165) is 38.6 Å². The van der Waals surface area contributed by atoms with Crippen molar-refractivity contribution < 1.29 is 9.47 Å². The summed E-state index contributed by atoms with van der Waals surface area (Å²) in [7, 11) is 1.75. The van der Waals surface area contributed by atoms with Crippen molar-refractivity contribution in [3.05, 3.63) is 0 Å². The monoisotopic (exact) mass is 243 g/mol. The topological polar surface area (TPSA) is 30.5 Å². The molecule has 1 rings (SSSR count). The van der Waals surface area contributed by atoms with E-state index in [2.05, 4.69) is 26.1 Å². The highest BCUT2D eigenvalue weighted by Gasteiger charge is 2.40. The molecule has 1 atom stereocenters. The number of nitrogens with one attached hydrogen (secondary N) is 1. The maximum absolute atomic E-state index is 5.69. The molecule has 1 unspecified atom stereocenters. The Bertz CT molecular complexity index is 204. The van der Waals surface area contributed by atoms with Crippen LogP contribution in [0.2, 0.25) is 0 Å². The Kier molecular flexibility index (Phi) is 6.45. The van der Waals surface area contributed by atoms with Gasteiger partial charge in [-0.25, -0.2) is 0 Å². The zero-order chi connectivity index (χ0) is 12.7. The molecule has 1 N–H and O–H groups in total. The van der Waals surface area contributed by atoms with Crippen molar-refractivity contribution in [1.29, 1.82) is 0 Å². The van der Waals surface area contributed by atoms with Gasteiger partial charge >= 0.3 is 0 Å². The Morgan fingerprint density at radius 2 is 2.00 bits per heavy atom. The molecule has 3 nitrogen and oxygen atoms in total. The largest absolute Gasteiger partial charge is 0.383 e. The maximum atomic E-state index is 5.69. The van der Waals surface area contributed by atoms with Crippen molar-refractivity contribution in [1.82, 2.24) is 5.32 Å². The zero-order valence-corrected chi connectivity index (χ0v) is 11.9. The molecule has 1 fully saturated rings. The average Bonchev–Trinajstić information content (AvgIpc) is 3.08. The second kappa shape index (κ2) is 7.34. The van der Waals surface area contributed by atoms with E-state index in [1.165, 1.54) is 12.8 Å². The number of rotatable bonds is 10. The molecule has 0 aromatic heterocycles. The molecule has 0 heterocycles. The summed E-state index contributed by atoms with van der Waals surface area (Å²) >= 11 is 0. The van der Waals surface area contributed by atoms with E-state index in [4.69, 9.17) is 9.47 Å². The molecule has 0 aliphatic heterocycles. The molecular formula is C14H29NO2. The van der Waals surface area contributed by atoms with E-state index >= 15 is 0 Å². The van der Waals surface area contributed by atoms with Crippen molar-refractivity contribution in [3.63, 3.8) is 0 Å². The molecule has 0 aromatic rings. The third kappa shape index (κ3) is 5.84. The molecule has 3 heteroatoms. The third-order valence-corrected chi connectivity index (χ3v) is 3.70. The Labute approximate surface area is 106 Å². The zero-order valence-electron chi connectivity index (χ0n) is 11.9. The van der Waals surface area contributed by atoms with E-state index in [1.807, 2.05) is 0 Å². The summed E-state index contributed by atoms with van der Waals surface area (Å²) in [6.45, 7) is 10.3. The van der Waals surface area contributed by atoms with E-state index in [-0.39, 0.29) is 0 Å². The normalized spacial score (nSPS) is 19.6. The van der Waals surface area contributed by atoms with Gasteiger partial charge in [-0.05, 0) is 44.4 Å². The summed E-state index contributed by atoms with van der Waals surface area (Å²) in [5, 5.41) is 3.51. The molecule has 0 amide bonds. The van der Waals surface area contributed by atoms with Crippen LogP contribution in [0.1, 0.15) is 40.0 Å². The fourth-order valence-electron chi connectivity index (χ4n) is 2.29. The van der Waals surface area contributed by atoms with Gasteiger partial charge in [0.15, 0.2) is 0 Å². The lowest BCUT2D eigenvalue weighted by Crippen LogP contribution is -2.36. The standard InChI is InChI=1S/C14H29NO2/c1-12(2)17-9-7-14(3,13-5-6-13)11-15-8-10-16-4/h12-13,15H,5-11H2,1-4H3. The van der Waals surface area contributed by atoms with Gasteiger partial charge in [0.25, 0.3) is 0 Å². The minimum atomic E-state index is 0.347. The minimum Gasteiger partial charge on any atom is -0.383 e. The highest BCUT2D eigenvalue weighted by Crippen LogP contribution is 2.47. The van der Waals surface area contributed by atoms with Crippen LogP contribution in [0, 0.1) is 11.3 Å². The first-order chi connectivity index (χ1) is 8.08. The molecule has 1 aliphatic rings. The molecule has 0 bridgehead atoms. The van der Waals surface area contributed by atoms with Gasteiger partial charge in [-0.15, -0.1) is 0 Å². The lowest BCUT2D eigenvalue weighted by molar-refractivity contribution is 0.0484. The molecular weight excluding hydrogens is 214 g/mol. The van der Waals surface area contributed by atoms with Crippen LogP contribution in [0.15, 0.2) is 0 Å². The first kappa shape index (κ1) is 14.9. The smallest absolute Gasteiger partial charge is 0.0587 e. The molecule has 102 valence electrons. The molecule has 0 radical (unpaired) electrons. The van der Waals surface area contributed by atoms with Gasteiger partial charge in [-0.1, -0.05) is 6.92 Å². The Balaban J connectivity index is 2.24. The van der Waals surface area contributed by atoms with Crippen LogP contribution in [0.5, 0.6) is 0 Å². The van der Waals surface area contributed by atoms with Crippen LogP contribution >= 0.6 is 0 Å². The average molecular weight is 243 g/mol. The van der Waals surface area contributed by atoms with E-state index in [1.54, 1.807) is 7.11 Å². The number of ether oxygens (including phenoxy) is 2. The van der Waals surface area contributed by atoms with E-state index in [9.17, 15) is 0 Å². The summed E-state index contributed by atoms with van der Waals surface area (Å²) in [6.07, 6.45) is 4.30. The van der Waals surface area contributed by atoms with Gasteiger partial charge in [0.1, 0.15) is 0 Å².